The molecule has 134 valence electrons. The van der Waals surface area contributed by atoms with Crippen molar-refractivity contribution in [2.75, 3.05) is 19.8 Å². The minimum atomic E-state index is -3.69. The molecule has 0 atom stereocenters. The van der Waals surface area contributed by atoms with Crippen LogP contribution in [0.15, 0.2) is 47.4 Å². The number of benzene rings is 2. The fourth-order valence-electron chi connectivity index (χ4n) is 2.58. The van der Waals surface area contributed by atoms with E-state index in [9.17, 15) is 8.42 Å². The molecule has 2 aromatic rings. The van der Waals surface area contributed by atoms with Gasteiger partial charge in [-0.05, 0) is 29.8 Å². The number of rotatable bonds is 5. The molecule has 0 bridgehead atoms. The Labute approximate surface area is 153 Å². The van der Waals surface area contributed by atoms with Gasteiger partial charge in [0.1, 0.15) is 18.1 Å². The Bertz CT molecular complexity index is 880. The largest absolute Gasteiger partial charge is 0.486 e. The van der Waals surface area contributed by atoms with Crippen LogP contribution in [0.1, 0.15) is 19.4 Å². The second kappa shape index (κ2) is 6.86. The summed E-state index contributed by atoms with van der Waals surface area (Å²) in [6.07, 6.45) is 0. The Balaban J connectivity index is 1.79. The van der Waals surface area contributed by atoms with E-state index in [2.05, 4.69) is 4.72 Å². The smallest absolute Gasteiger partial charge is 0.242 e. The number of fused-ring (bicyclic) bond motifs is 1. The summed E-state index contributed by atoms with van der Waals surface area (Å²) in [4.78, 5) is 0.0784. The van der Waals surface area contributed by atoms with E-state index in [0.29, 0.717) is 24.7 Å². The summed E-state index contributed by atoms with van der Waals surface area (Å²) in [5, 5.41) is 0.201. The maximum atomic E-state index is 12.5. The van der Waals surface area contributed by atoms with Crippen molar-refractivity contribution in [3.63, 3.8) is 0 Å². The van der Waals surface area contributed by atoms with Crippen LogP contribution in [0.25, 0.3) is 0 Å². The van der Waals surface area contributed by atoms with Crippen LogP contribution in [-0.4, -0.2) is 28.2 Å². The minimum absolute atomic E-state index is 0.0784. The minimum Gasteiger partial charge on any atom is -0.486 e. The van der Waals surface area contributed by atoms with Gasteiger partial charge in [0.05, 0.1) is 5.02 Å². The van der Waals surface area contributed by atoms with Gasteiger partial charge in [-0.2, -0.15) is 0 Å². The molecule has 7 heteroatoms. The first-order valence-corrected chi connectivity index (χ1v) is 9.80. The van der Waals surface area contributed by atoms with E-state index in [4.69, 9.17) is 21.1 Å². The number of sulfonamides is 1. The summed E-state index contributed by atoms with van der Waals surface area (Å²) in [6, 6.07) is 12.1. The number of ether oxygens (including phenoxy) is 2. The zero-order valence-corrected chi connectivity index (χ0v) is 15.7. The lowest BCUT2D eigenvalue weighted by atomic mass is 9.84. The van der Waals surface area contributed by atoms with E-state index in [1.165, 1.54) is 6.07 Å². The first-order valence-electron chi connectivity index (χ1n) is 7.94. The monoisotopic (exact) mass is 381 g/mol. The van der Waals surface area contributed by atoms with Gasteiger partial charge >= 0.3 is 0 Å². The highest BCUT2D eigenvalue weighted by Gasteiger charge is 2.27. The van der Waals surface area contributed by atoms with Crippen molar-refractivity contribution in [2.24, 2.45) is 0 Å². The van der Waals surface area contributed by atoms with Gasteiger partial charge in [0, 0.05) is 12.0 Å². The molecule has 0 saturated heterocycles. The summed E-state index contributed by atoms with van der Waals surface area (Å²) in [6.45, 7) is 5.20. The van der Waals surface area contributed by atoms with Gasteiger partial charge < -0.3 is 9.47 Å². The Morgan fingerprint density at radius 1 is 1.08 bits per heavy atom. The summed E-state index contributed by atoms with van der Waals surface area (Å²) < 4.78 is 38.8. The van der Waals surface area contributed by atoms with Crippen molar-refractivity contribution in [1.82, 2.24) is 4.72 Å². The predicted octanol–water partition coefficient (Wildman–Crippen LogP) is 3.37. The molecule has 0 aromatic heterocycles. The molecule has 1 aliphatic heterocycles. The van der Waals surface area contributed by atoms with E-state index in [1.807, 2.05) is 32.0 Å². The van der Waals surface area contributed by atoms with Gasteiger partial charge in [0.15, 0.2) is 11.5 Å². The van der Waals surface area contributed by atoms with Gasteiger partial charge in [-0.3, -0.25) is 0 Å². The first-order chi connectivity index (χ1) is 11.8. The van der Waals surface area contributed by atoms with Crippen molar-refractivity contribution in [1.29, 1.82) is 0 Å². The normalized spacial score (nSPS) is 14.4. The average Bonchev–Trinajstić information content (AvgIpc) is 2.60. The molecular formula is C18H20ClNO4S. The summed E-state index contributed by atoms with van der Waals surface area (Å²) >= 11 is 6.01. The highest BCUT2D eigenvalue weighted by Crippen LogP contribution is 2.35. The molecule has 0 amide bonds. The lowest BCUT2D eigenvalue weighted by Crippen LogP contribution is -2.36. The molecule has 0 fully saturated rings. The zero-order chi connectivity index (χ0) is 18.1. The van der Waals surface area contributed by atoms with Gasteiger partial charge in [-0.15, -0.1) is 0 Å². The van der Waals surface area contributed by atoms with E-state index in [-0.39, 0.29) is 16.5 Å². The third-order valence-electron chi connectivity index (χ3n) is 4.15. The Morgan fingerprint density at radius 3 is 2.48 bits per heavy atom. The molecule has 25 heavy (non-hydrogen) atoms. The van der Waals surface area contributed by atoms with Crippen molar-refractivity contribution in [2.45, 2.75) is 24.2 Å². The molecule has 5 nitrogen and oxygen atoms in total. The standard InChI is InChI=1S/C18H20ClNO4S/c1-18(2,13-7-8-15-16(11-13)24-10-9-23-15)12-20-25(21,22)17-6-4-3-5-14(17)19/h3-8,11,20H,9-10,12H2,1-2H3. The second-order valence-electron chi connectivity index (χ2n) is 6.50. The molecular weight excluding hydrogens is 362 g/mol. The molecule has 0 radical (unpaired) electrons. The summed E-state index contributed by atoms with van der Waals surface area (Å²) in [7, 11) is -3.69. The summed E-state index contributed by atoms with van der Waals surface area (Å²) in [5.74, 6) is 1.40. The maximum absolute atomic E-state index is 12.5. The fraction of sp³-hybridized carbons (Fsp3) is 0.333. The number of hydrogen-bond donors (Lipinski definition) is 1. The van der Waals surface area contributed by atoms with Crippen LogP contribution >= 0.6 is 11.6 Å². The molecule has 0 unspecified atom stereocenters. The second-order valence-corrected chi connectivity index (χ2v) is 8.64. The predicted molar refractivity (Wildman–Crippen MR) is 97.1 cm³/mol. The van der Waals surface area contributed by atoms with E-state index in [0.717, 1.165) is 5.56 Å². The van der Waals surface area contributed by atoms with Gasteiger partial charge in [-0.1, -0.05) is 43.6 Å². The Hall–Kier alpha value is -1.76. The van der Waals surface area contributed by atoms with E-state index in [1.54, 1.807) is 18.2 Å². The Kier molecular flexibility index (Phi) is 4.95. The van der Waals surface area contributed by atoms with Crippen molar-refractivity contribution in [3.05, 3.63) is 53.1 Å². The molecule has 0 aliphatic carbocycles. The highest BCUT2D eigenvalue weighted by molar-refractivity contribution is 7.89. The Morgan fingerprint density at radius 2 is 1.76 bits per heavy atom. The van der Waals surface area contributed by atoms with Crippen molar-refractivity contribution >= 4 is 21.6 Å². The highest BCUT2D eigenvalue weighted by atomic mass is 35.5. The topological polar surface area (TPSA) is 64.6 Å². The zero-order valence-electron chi connectivity index (χ0n) is 14.1. The maximum Gasteiger partial charge on any atom is 0.242 e. The van der Waals surface area contributed by atoms with E-state index >= 15 is 0 Å². The molecule has 0 saturated carbocycles. The molecule has 1 aliphatic rings. The number of nitrogens with one attached hydrogen (secondary N) is 1. The average molecular weight is 382 g/mol. The molecule has 2 aromatic carbocycles. The van der Waals surface area contributed by atoms with Crippen molar-refractivity contribution < 1.29 is 17.9 Å². The van der Waals surface area contributed by atoms with Crippen LogP contribution < -0.4 is 14.2 Å². The lowest BCUT2D eigenvalue weighted by molar-refractivity contribution is 0.171. The molecule has 0 spiro atoms. The molecule has 1 N–H and O–H groups in total. The number of hydrogen-bond acceptors (Lipinski definition) is 4. The first kappa shape index (κ1) is 18.0. The van der Waals surface area contributed by atoms with Gasteiger partial charge in [0.2, 0.25) is 10.0 Å². The van der Waals surface area contributed by atoms with E-state index < -0.39 is 15.4 Å². The van der Waals surface area contributed by atoms with Crippen LogP contribution in [-0.2, 0) is 15.4 Å². The van der Waals surface area contributed by atoms with Crippen molar-refractivity contribution in [3.8, 4) is 11.5 Å². The van der Waals surface area contributed by atoms with Crippen LogP contribution in [0.2, 0.25) is 5.02 Å². The van der Waals surface area contributed by atoms with Gasteiger partial charge in [0.25, 0.3) is 0 Å². The van der Waals surface area contributed by atoms with Crippen LogP contribution in [0, 0.1) is 0 Å². The SMILES string of the molecule is CC(C)(CNS(=O)(=O)c1ccccc1Cl)c1ccc2c(c1)OCCO2. The third-order valence-corrected chi connectivity index (χ3v) is 6.05. The van der Waals surface area contributed by atoms with Gasteiger partial charge in [-0.25, -0.2) is 13.1 Å². The lowest BCUT2D eigenvalue weighted by Gasteiger charge is -2.27. The molecule has 1 heterocycles. The molecule has 3 rings (SSSR count). The third kappa shape index (κ3) is 3.92. The van der Waals surface area contributed by atoms with Crippen LogP contribution in [0.3, 0.4) is 0 Å². The quantitative estimate of drug-likeness (QED) is 0.862. The number of halogens is 1. The van der Waals surface area contributed by atoms with Crippen LogP contribution in [0.5, 0.6) is 11.5 Å². The fourth-order valence-corrected chi connectivity index (χ4v) is 4.31. The van der Waals surface area contributed by atoms with Crippen LogP contribution in [0.4, 0.5) is 0 Å². The summed E-state index contributed by atoms with van der Waals surface area (Å²) in [5.41, 5.74) is 0.517.